The number of Topliss-reactive ketones (excluding diaryl/α,β-unsaturated/α-hetero) is 1. The molecule has 2 aromatic heterocycles. The second-order valence-electron chi connectivity index (χ2n) is 7.78. The third kappa shape index (κ3) is 3.68. The maximum absolute atomic E-state index is 12.8. The molecule has 142 valence electrons. The van der Waals surface area contributed by atoms with Crippen LogP contribution < -0.4 is 0 Å². The van der Waals surface area contributed by atoms with E-state index in [-0.39, 0.29) is 5.78 Å². The number of hydrogen-bond acceptors (Lipinski definition) is 4. The third-order valence-electron chi connectivity index (χ3n) is 5.68. The number of likely N-dealkylation sites (tertiary alicyclic amines) is 1. The average molecular weight is 366 g/mol. The van der Waals surface area contributed by atoms with Crippen molar-refractivity contribution in [2.75, 3.05) is 19.6 Å². The van der Waals surface area contributed by atoms with E-state index in [0.717, 1.165) is 35.4 Å². The molecule has 0 amide bonds. The molecule has 0 atom stereocenters. The fraction of sp³-hybridized carbons (Fsp3) is 0.429. The van der Waals surface area contributed by atoms with Crippen molar-refractivity contribution in [3.63, 3.8) is 0 Å². The van der Waals surface area contributed by atoms with Gasteiger partial charge in [0.2, 0.25) is 0 Å². The van der Waals surface area contributed by atoms with Crippen molar-refractivity contribution in [2.45, 2.75) is 38.8 Å². The van der Waals surface area contributed by atoms with Gasteiger partial charge in [-0.1, -0.05) is 12.1 Å². The highest BCUT2D eigenvalue weighted by Gasteiger charge is 2.33. The number of aliphatic hydroxyl groups is 1. The number of imidazole rings is 1. The van der Waals surface area contributed by atoms with E-state index in [9.17, 15) is 9.90 Å². The van der Waals surface area contributed by atoms with Gasteiger partial charge in [-0.3, -0.25) is 9.69 Å². The van der Waals surface area contributed by atoms with Gasteiger partial charge in [0.05, 0.1) is 18.7 Å². The Balaban J connectivity index is 1.38. The number of rotatable bonds is 5. The molecule has 3 heterocycles. The molecule has 6 heteroatoms. The van der Waals surface area contributed by atoms with Crippen LogP contribution in [0, 0.1) is 13.8 Å². The van der Waals surface area contributed by atoms with E-state index in [0.29, 0.717) is 25.9 Å². The lowest BCUT2D eigenvalue weighted by atomic mass is 9.91. The van der Waals surface area contributed by atoms with Crippen LogP contribution in [0.1, 0.15) is 34.6 Å². The second-order valence-corrected chi connectivity index (χ2v) is 7.78. The fourth-order valence-electron chi connectivity index (χ4n) is 3.93. The molecule has 0 bridgehead atoms. The highest BCUT2D eigenvalue weighted by Crippen LogP contribution is 2.26. The van der Waals surface area contributed by atoms with Crippen molar-refractivity contribution < 1.29 is 9.90 Å². The summed E-state index contributed by atoms with van der Waals surface area (Å²) in [6, 6.07) is 6.11. The van der Waals surface area contributed by atoms with E-state index in [1.54, 1.807) is 6.20 Å². The molecule has 3 aromatic rings. The Bertz CT molecular complexity index is 964. The van der Waals surface area contributed by atoms with E-state index in [1.807, 2.05) is 42.9 Å². The maximum Gasteiger partial charge on any atom is 0.178 e. The summed E-state index contributed by atoms with van der Waals surface area (Å²) >= 11 is 0. The predicted molar refractivity (Wildman–Crippen MR) is 105 cm³/mol. The minimum atomic E-state index is -0.733. The van der Waals surface area contributed by atoms with E-state index < -0.39 is 5.60 Å². The van der Waals surface area contributed by atoms with Crippen LogP contribution >= 0.6 is 0 Å². The lowest BCUT2D eigenvalue weighted by molar-refractivity contribution is -0.0331. The first-order valence-corrected chi connectivity index (χ1v) is 9.47. The SMILES string of the molecule is Cc1ccc2c(C(=O)CN3CCC(O)(Cn4ccnc4C)CC3)c[nH]c2c1. The van der Waals surface area contributed by atoms with E-state index >= 15 is 0 Å². The van der Waals surface area contributed by atoms with Crippen molar-refractivity contribution in [1.82, 2.24) is 19.4 Å². The first kappa shape index (κ1) is 17.9. The van der Waals surface area contributed by atoms with Crippen molar-refractivity contribution in [1.29, 1.82) is 0 Å². The van der Waals surface area contributed by atoms with Crippen LogP contribution in [0.3, 0.4) is 0 Å². The molecule has 0 saturated carbocycles. The zero-order chi connectivity index (χ0) is 19.0. The van der Waals surface area contributed by atoms with Gasteiger partial charge in [0, 0.05) is 48.1 Å². The number of nitrogens with zero attached hydrogens (tertiary/aromatic N) is 3. The number of piperidine rings is 1. The first-order valence-electron chi connectivity index (χ1n) is 9.47. The molecule has 0 radical (unpaired) electrons. The Morgan fingerprint density at radius 3 is 2.78 bits per heavy atom. The van der Waals surface area contributed by atoms with Gasteiger partial charge >= 0.3 is 0 Å². The standard InChI is InChI=1S/C21H26N4O2/c1-15-3-4-17-18(12-23-19(17)11-15)20(26)13-24-8-5-21(27,6-9-24)14-25-10-7-22-16(25)2/h3-4,7,10-12,23,27H,5-6,8-9,13-14H2,1-2H3. The lowest BCUT2D eigenvalue weighted by Gasteiger charge is -2.38. The van der Waals surface area contributed by atoms with Gasteiger partial charge in [-0.2, -0.15) is 0 Å². The number of aryl methyl sites for hydroxylation is 2. The minimum absolute atomic E-state index is 0.126. The monoisotopic (exact) mass is 366 g/mol. The Labute approximate surface area is 158 Å². The third-order valence-corrected chi connectivity index (χ3v) is 5.68. The molecule has 2 N–H and O–H groups in total. The average Bonchev–Trinajstić information content (AvgIpc) is 3.23. The van der Waals surface area contributed by atoms with E-state index in [2.05, 4.69) is 20.9 Å². The Morgan fingerprint density at radius 2 is 2.07 bits per heavy atom. The highest BCUT2D eigenvalue weighted by molar-refractivity contribution is 6.08. The van der Waals surface area contributed by atoms with Crippen molar-refractivity contribution in [2.24, 2.45) is 0 Å². The molecule has 1 aromatic carbocycles. The van der Waals surface area contributed by atoms with E-state index in [4.69, 9.17) is 0 Å². The summed E-state index contributed by atoms with van der Waals surface area (Å²) in [6.45, 7) is 6.38. The Morgan fingerprint density at radius 1 is 1.30 bits per heavy atom. The van der Waals surface area contributed by atoms with Crippen LogP contribution in [-0.2, 0) is 6.54 Å². The zero-order valence-corrected chi connectivity index (χ0v) is 15.9. The number of H-pyrrole nitrogens is 1. The van der Waals surface area contributed by atoms with Crippen LogP contribution in [0.5, 0.6) is 0 Å². The molecule has 0 spiro atoms. The Kier molecular flexibility index (Phi) is 4.61. The number of hydrogen-bond donors (Lipinski definition) is 2. The molecule has 1 aliphatic rings. The Hall–Kier alpha value is -2.44. The summed E-state index contributed by atoms with van der Waals surface area (Å²) in [5.74, 6) is 1.04. The number of aromatic amines is 1. The summed E-state index contributed by atoms with van der Waals surface area (Å²) < 4.78 is 1.99. The molecule has 1 aliphatic heterocycles. The van der Waals surface area contributed by atoms with Gasteiger partial charge < -0.3 is 14.7 Å². The summed E-state index contributed by atoms with van der Waals surface area (Å²) in [6.07, 6.45) is 6.79. The number of carbonyl (C=O) groups excluding carboxylic acids is 1. The maximum atomic E-state index is 12.8. The summed E-state index contributed by atoms with van der Waals surface area (Å²) in [4.78, 5) is 22.4. The van der Waals surface area contributed by atoms with Crippen molar-refractivity contribution in [3.05, 3.63) is 53.7 Å². The molecule has 27 heavy (non-hydrogen) atoms. The van der Waals surface area contributed by atoms with Crippen molar-refractivity contribution in [3.8, 4) is 0 Å². The van der Waals surface area contributed by atoms with Crippen LogP contribution in [0.15, 0.2) is 36.8 Å². The number of benzene rings is 1. The van der Waals surface area contributed by atoms with Crippen LogP contribution in [-0.4, -0.2) is 55.6 Å². The molecule has 1 fully saturated rings. The lowest BCUT2D eigenvalue weighted by Crippen LogP contribution is -2.48. The van der Waals surface area contributed by atoms with Gasteiger partial charge in [0.1, 0.15) is 5.82 Å². The van der Waals surface area contributed by atoms with Crippen LogP contribution in [0.2, 0.25) is 0 Å². The first-order chi connectivity index (χ1) is 12.9. The molecule has 1 saturated heterocycles. The quantitative estimate of drug-likeness (QED) is 0.681. The smallest absolute Gasteiger partial charge is 0.178 e. The predicted octanol–water partition coefficient (Wildman–Crippen LogP) is 2.69. The summed E-state index contributed by atoms with van der Waals surface area (Å²) in [5, 5.41) is 11.9. The van der Waals surface area contributed by atoms with Crippen LogP contribution in [0.4, 0.5) is 0 Å². The summed E-state index contributed by atoms with van der Waals surface area (Å²) in [7, 11) is 0. The molecule has 4 rings (SSSR count). The van der Waals surface area contributed by atoms with Crippen molar-refractivity contribution >= 4 is 16.7 Å². The van der Waals surface area contributed by atoms with Gasteiger partial charge in [0.25, 0.3) is 0 Å². The minimum Gasteiger partial charge on any atom is -0.388 e. The largest absolute Gasteiger partial charge is 0.388 e. The van der Waals surface area contributed by atoms with Crippen LogP contribution in [0.25, 0.3) is 10.9 Å². The molecule has 0 aliphatic carbocycles. The van der Waals surface area contributed by atoms with Gasteiger partial charge in [-0.05, 0) is 38.3 Å². The number of ketones is 1. The van der Waals surface area contributed by atoms with E-state index in [1.165, 1.54) is 5.56 Å². The van der Waals surface area contributed by atoms with Gasteiger partial charge in [0.15, 0.2) is 5.78 Å². The van der Waals surface area contributed by atoms with Gasteiger partial charge in [-0.15, -0.1) is 0 Å². The number of fused-ring (bicyclic) bond motifs is 1. The molecule has 6 nitrogen and oxygen atoms in total. The fourth-order valence-corrected chi connectivity index (χ4v) is 3.93. The number of nitrogens with one attached hydrogen (secondary N) is 1. The number of aromatic nitrogens is 3. The molecule has 0 unspecified atom stereocenters. The zero-order valence-electron chi connectivity index (χ0n) is 15.9. The molecular formula is C21H26N4O2. The highest BCUT2D eigenvalue weighted by atomic mass is 16.3. The molecular weight excluding hydrogens is 340 g/mol. The second kappa shape index (κ2) is 6.94. The van der Waals surface area contributed by atoms with Gasteiger partial charge in [-0.25, -0.2) is 4.98 Å². The topological polar surface area (TPSA) is 74.2 Å². The summed E-state index contributed by atoms with van der Waals surface area (Å²) in [5.41, 5.74) is 2.19. The normalized spacial score (nSPS) is 17.4. The number of carbonyl (C=O) groups is 1.